The first-order chi connectivity index (χ1) is 10.2. The molecule has 0 aliphatic heterocycles. The van der Waals surface area contributed by atoms with Gasteiger partial charge in [0.15, 0.2) is 0 Å². The second kappa shape index (κ2) is 6.16. The Morgan fingerprint density at radius 2 is 1.77 bits per heavy atom. The summed E-state index contributed by atoms with van der Waals surface area (Å²) in [6.45, 7) is 2.71. The highest BCUT2D eigenvalue weighted by Gasteiger charge is 2.27. The summed E-state index contributed by atoms with van der Waals surface area (Å²) in [6.07, 6.45) is 0. The molecule has 1 atom stereocenters. The molecule has 1 unspecified atom stereocenters. The Bertz CT molecular complexity index is 758. The maximum Gasteiger partial charge on any atom is 0.241 e. The van der Waals surface area contributed by atoms with Crippen molar-refractivity contribution in [3.63, 3.8) is 0 Å². The van der Waals surface area contributed by atoms with Crippen LogP contribution < -0.4 is 4.72 Å². The van der Waals surface area contributed by atoms with E-state index in [1.54, 1.807) is 30.3 Å². The zero-order chi connectivity index (χ0) is 16.4. The van der Waals surface area contributed by atoms with E-state index in [0.717, 1.165) is 0 Å². The van der Waals surface area contributed by atoms with Crippen molar-refractivity contribution in [2.24, 2.45) is 0 Å². The van der Waals surface area contributed by atoms with Gasteiger partial charge in [-0.15, -0.1) is 0 Å². The standard InChI is InChI=1S/C16H18FNO3S/c1-12-14(17)9-6-10-15(12)22(20,21)18-11-16(2,19)13-7-4-3-5-8-13/h3-10,18-19H,11H2,1-2H3. The smallest absolute Gasteiger partial charge is 0.241 e. The van der Waals surface area contributed by atoms with Crippen molar-refractivity contribution < 1.29 is 17.9 Å². The molecule has 0 aromatic heterocycles. The molecule has 0 bridgehead atoms. The summed E-state index contributed by atoms with van der Waals surface area (Å²) in [7, 11) is -3.90. The van der Waals surface area contributed by atoms with E-state index in [0.29, 0.717) is 5.56 Å². The fourth-order valence-corrected chi connectivity index (χ4v) is 3.48. The summed E-state index contributed by atoms with van der Waals surface area (Å²) in [5.41, 5.74) is -0.724. The van der Waals surface area contributed by atoms with E-state index in [9.17, 15) is 17.9 Å². The van der Waals surface area contributed by atoms with Crippen molar-refractivity contribution in [2.75, 3.05) is 6.54 Å². The van der Waals surface area contributed by atoms with Crippen molar-refractivity contribution in [1.29, 1.82) is 0 Å². The monoisotopic (exact) mass is 323 g/mol. The van der Waals surface area contributed by atoms with E-state index < -0.39 is 21.4 Å². The number of hydrogen-bond donors (Lipinski definition) is 2. The highest BCUT2D eigenvalue weighted by Crippen LogP contribution is 2.21. The van der Waals surface area contributed by atoms with Crippen LogP contribution in [0.4, 0.5) is 4.39 Å². The molecule has 2 rings (SSSR count). The first-order valence-electron chi connectivity index (χ1n) is 6.77. The van der Waals surface area contributed by atoms with Crippen LogP contribution in [-0.4, -0.2) is 20.1 Å². The molecule has 6 heteroatoms. The minimum Gasteiger partial charge on any atom is -0.384 e. The minimum absolute atomic E-state index is 0.0503. The molecule has 2 aromatic rings. The van der Waals surface area contributed by atoms with Gasteiger partial charge in [0.2, 0.25) is 10.0 Å². The van der Waals surface area contributed by atoms with Gasteiger partial charge < -0.3 is 5.11 Å². The van der Waals surface area contributed by atoms with Gasteiger partial charge in [-0.3, -0.25) is 0 Å². The molecule has 118 valence electrons. The molecule has 2 aromatic carbocycles. The maximum atomic E-state index is 13.5. The first kappa shape index (κ1) is 16.6. The largest absolute Gasteiger partial charge is 0.384 e. The molecular weight excluding hydrogens is 305 g/mol. The number of benzene rings is 2. The van der Waals surface area contributed by atoms with Gasteiger partial charge in [0.1, 0.15) is 11.4 Å². The van der Waals surface area contributed by atoms with Gasteiger partial charge in [-0.05, 0) is 31.5 Å². The zero-order valence-corrected chi connectivity index (χ0v) is 13.2. The van der Waals surface area contributed by atoms with Crippen LogP contribution in [0.25, 0.3) is 0 Å². The van der Waals surface area contributed by atoms with Crippen LogP contribution in [0.15, 0.2) is 53.4 Å². The number of halogens is 1. The third kappa shape index (κ3) is 3.52. The SMILES string of the molecule is Cc1c(F)cccc1S(=O)(=O)NCC(C)(O)c1ccccc1. The second-order valence-electron chi connectivity index (χ2n) is 5.33. The lowest BCUT2D eigenvalue weighted by Crippen LogP contribution is -2.38. The molecular formula is C16H18FNO3S. The van der Waals surface area contributed by atoms with Gasteiger partial charge in [0, 0.05) is 12.1 Å². The Morgan fingerprint density at radius 1 is 1.14 bits per heavy atom. The molecule has 0 amide bonds. The topological polar surface area (TPSA) is 66.4 Å². The molecule has 0 aliphatic carbocycles. The zero-order valence-electron chi connectivity index (χ0n) is 12.4. The minimum atomic E-state index is -3.90. The van der Waals surface area contributed by atoms with Crippen molar-refractivity contribution in [3.8, 4) is 0 Å². The van der Waals surface area contributed by atoms with Gasteiger partial charge in [-0.2, -0.15) is 0 Å². The Hall–Kier alpha value is -1.76. The molecule has 0 spiro atoms. The van der Waals surface area contributed by atoms with E-state index in [4.69, 9.17) is 0 Å². The molecule has 0 aliphatic rings. The Morgan fingerprint density at radius 3 is 2.41 bits per heavy atom. The Labute approximate surface area is 129 Å². The lowest BCUT2D eigenvalue weighted by atomic mass is 9.97. The fraction of sp³-hybridized carbons (Fsp3) is 0.250. The maximum absolute atomic E-state index is 13.5. The molecule has 4 nitrogen and oxygen atoms in total. The summed E-state index contributed by atoms with van der Waals surface area (Å²) in [5, 5.41) is 10.4. The van der Waals surface area contributed by atoms with E-state index >= 15 is 0 Å². The molecule has 0 saturated carbocycles. The highest BCUT2D eigenvalue weighted by molar-refractivity contribution is 7.89. The summed E-state index contributed by atoms with van der Waals surface area (Å²) in [5.74, 6) is -0.585. The number of rotatable bonds is 5. The third-order valence-corrected chi connectivity index (χ3v) is 5.06. The lowest BCUT2D eigenvalue weighted by Gasteiger charge is -2.24. The van der Waals surface area contributed by atoms with Crippen LogP contribution in [0.3, 0.4) is 0 Å². The fourth-order valence-electron chi connectivity index (χ4n) is 2.09. The Kier molecular flexibility index (Phi) is 4.65. The molecule has 22 heavy (non-hydrogen) atoms. The summed E-state index contributed by atoms with van der Waals surface area (Å²) in [4.78, 5) is -0.128. The van der Waals surface area contributed by atoms with Crippen molar-refractivity contribution in [3.05, 3.63) is 65.5 Å². The molecule has 0 heterocycles. The predicted octanol–water partition coefficient (Wildman–Crippen LogP) is 2.32. The Balaban J connectivity index is 2.22. The van der Waals surface area contributed by atoms with Crippen LogP contribution in [0.2, 0.25) is 0 Å². The van der Waals surface area contributed by atoms with E-state index in [1.165, 1.54) is 32.0 Å². The summed E-state index contributed by atoms with van der Waals surface area (Å²) < 4.78 is 40.4. The average Bonchev–Trinajstić information content (AvgIpc) is 2.49. The number of aliphatic hydroxyl groups is 1. The second-order valence-corrected chi connectivity index (χ2v) is 7.06. The first-order valence-corrected chi connectivity index (χ1v) is 8.25. The van der Waals surface area contributed by atoms with Gasteiger partial charge in [0.25, 0.3) is 0 Å². The molecule has 0 saturated heterocycles. The third-order valence-electron chi connectivity index (χ3n) is 3.51. The van der Waals surface area contributed by atoms with E-state index in [-0.39, 0.29) is 17.0 Å². The lowest BCUT2D eigenvalue weighted by molar-refractivity contribution is 0.0627. The van der Waals surface area contributed by atoms with Gasteiger partial charge in [-0.25, -0.2) is 17.5 Å². The summed E-state index contributed by atoms with van der Waals surface area (Å²) in [6, 6.07) is 12.6. The van der Waals surface area contributed by atoms with Crippen molar-refractivity contribution in [2.45, 2.75) is 24.3 Å². The predicted molar refractivity (Wildman–Crippen MR) is 82.3 cm³/mol. The molecule has 0 fully saturated rings. The van der Waals surface area contributed by atoms with Gasteiger partial charge >= 0.3 is 0 Å². The number of hydrogen-bond acceptors (Lipinski definition) is 3. The normalized spacial score (nSPS) is 14.5. The van der Waals surface area contributed by atoms with Crippen molar-refractivity contribution >= 4 is 10.0 Å². The van der Waals surface area contributed by atoms with E-state index in [2.05, 4.69) is 4.72 Å². The average molecular weight is 323 g/mol. The molecule has 0 radical (unpaired) electrons. The highest BCUT2D eigenvalue weighted by atomic mass is 32.2. The van der Waals surface area contributed by atoms with Crippen LogP contribution >= 0.6 is 0 Å². The van der Waals surface area contributed by atoms with Crippen LogP contribution in [0.1, 0.15) is 18.1 Å². The van der Waals surface area contributed by atoms with Gasteiger partial charge in [-0.1, -0.05) is 36.4 Å². The van der Waals surface area contributed by atoms with E-state index in [1.807, 2.05) is 0 Å². The quantitative estimate of drug-likeness (QED) is 0.887. The van der Waals surface area contributed by atoms with Crippen molar-refractivity contribution in [1.82, 2.24) is 4.72 Å². The summed E-state index contributed by atoms with van der Waals surface area (Å²) >= 11 is 0. The number of sulfonamides is 1. The molecule has 2 N–H and O–H groups in total. The van der Waals surface area contributed by atoms with Crippen LogP contribution in [0, 0.1) is 12.7 Å². The van der Waals surface area contributed by atoms with Gasteiger partial charge in [0.05, 0.1) is 4.90 Å². The van der Waals surface area contributed by atoms with Crippen LogP contribution in [0.5, 0.6) is 0 Å². The van der Waals surface area contributed by atoms with Crippen LogP contribution in [-0.2, 0) is 15.6 Å². The number of nitrogens with one attached hydrogen (secondary N) is 1.